The van der Waals surface area contributed by atoms with E-state index >= 15 is 13.2 Å². The Labute approximate surface area is 475 Å². The van der Waals surface area contributed by atoms with Gasteiger partial charge in [0.15, 0.2) is 0 Å². The first-order chi connectivity index (χ1) is 39.0. The van der Waals surface area contributed by atoms with Gasteiger partial charge >= 0.3 is 56.7 Å². The third-order valence-electron chi connectivity index (χ3n) is 14.0. The van der Waals surface area contributed by atoms with Gasteiger partial charge in [0.2, 0.25) is 0 Å². The molecule has 0 spiro atoms. The van der Waals surface area contributed by atoms with E-state index in [0.717, 1.165) is 51.4 Å². The molecule has 4 aromatic rings. The number of alkyl halides is 24. The van der Waals surface area contributed by atoms with E-state index < -0.39 is 142 Å². The van der Waals surface area contributed by atoms with Gasteiger partial charge in [-0.1, -0.05) is 108 Å². The van der Waals surface area contributed by atoms with Crippen LogP contribution in [-0.4, -0.2) is 31.4 Å². The predicted octanol–water partition coefficient (Wildman–Crippen LogP) is 22.0. The molecule has 0 aromatic heterocycles. The van der Waals surface area contributed by atoms with Crippen molar-refractivity contribution in [2.45, 2.75) is 186 Å². The minimum Gasteiger partial charge on any atom is -0.490 e. The van der Waals surface area contributed by atoms with E-state index in [1.165, 1.54) is 25.7 Å². The van der Waals surface area contributed by atoms with Crippen LogP contribution in [0.15, 0.2) is 66.7 Å². The Bertz CT molecular complexity index is 2490. The summed E-state index contributed by atoms with van der Waals surface area (Å²) in [6.07, 6.45) is -29.2. The third-order valence-corrected chi connectivity index (χ3v) is 14.0. The lowest BCUT2D eigenvalue weighted by molar-refractivity contribution is -0.953. The van der Waals surface area contributed by atoms with Gasteiger partial charge in [0.05, 0.1) is 58.6 Å². The Balaban J connectivity index is 0.00000118. The van der Waals surface area contributed by atoms with Crippen molar-refractivity contribution in [2.24, 2.45) is 0 Å². The Hall–Kier alpha value is -5.38. The first-order valence-electron chi connectivity index (χ1n) is 26.9. The average Bonchev–Trinajstić information content (AvgIpc) is 1.86. The van der Waals surface area contributed by atoms with Gasteiger partial charge < -0.3 is 18.4 Å². The monoisotopic (exact) mass is 1260 g/mol. The molecule has 0 heterocycles. The molecule has 1 atom stereocenters. The van der Waals surface area contributed by atoms with E-state index in [9.17, 15) is 92.2 Å². The zero-order chi connectivity index (χ0) is 64.6. The fourth-order valence-corrected chi connectivity index (χ4v) is 9.39. The van der Waals surface area contributed by atoms with Crippen molar-refractivity contribution in [1.82, 2.24) is 0 Å². The SMILES string of the molecule is CCCCCCCCCCCCCCCCCC(c1c(OB(Oc2cc(C(F)(F)F)cc(C(F)(F)F)c2)Oc2cc(C(F)(F)F)cc(C(F)(F)F)c2)cc(C(F)(F)F)cc1C(F)(F)F)[N+](CC)(CC)CC.FC(F)(F)c1c[c-]cc(C(F)(F)F)c1. The molecular formula is C56H62BF24NO3. The number of hydrogen-bond donors (Lipinski definition) is 0. The smallest absolute Gasteiger partial charge is 0.490 e. The number of hydrogen-bond acceptors (Lipinski definition) is 3. The van der Waals surface area contributed by atoms with Crippen LogP contribution in [0.5, 0.6) is 17.2 Å². The lowest BCUT2D eigenvalue weighted by atomic mass is 9.89. The van der Waals surface area contributed by atoms with Gasteiger partial charge in [-0.05, 0) is 75.7 Å². The molecule has 4 rings (SSSR count). The summed E-state index contributed by atoms with van der Waals surface area (Å²) in [4.78, 5) is 0. The number of unbranched alkanes of at least 4 members (excludes halogenated alkanes) is 14. The fourth-order valence-electron chi connectivity index (χ4n) is 9.39. The summed E-state index contributed by atoms with van der Waals surface area (Å²) < 4.78 is 344. The third kappa shape index (κ3) is 23.3. The molecule has 29 heteroatoms. The van der Waals surface area contributed by atoms with Crippen molar-refractivity contribution < 1.29 is 124 Å². The van der Waals surface area contributed by atoms with E-state index in [0.29, 0.717) is 25.0 Å². The largest absolute Gasteiger partial charge is 0.864 e. The summed E-state index contributed by atoms with van der Waals surface area (Å²) in [7, 11) is -3.27. The minimum atomic E-state index is -5.64. The molecule has 480 valence electrons. The Kier molecular flexibility index (Phi) is 26.5. The van der Waals surface area contributed by atoms with Crippen LogP contribution in [-0.2, 0) is 49.4 Å². The van der Waals surface area contributed by atoms with Crippen LogP contribution in [0, 0.1) is 6.07 Å². The van der Waals surface area contributed by atoms with Gasteiger partial charge in [-0.15, -0.1) is 6.07 Å². The van der Waals surface area contributed by atoms with Crippen molar-refractivity contribution >= 4 is 7.32 Å². The molecule has 0 saturated heterocycles. The molecule has 0 bridgehead atoms. The highest BCUT2D eigenvalue weighted by Crippen LogP contribution is 2.49. The molecule has 0 aliphatic carbocycles. The lowest BCUT2D eigenvalue weighted by Gasteiger charge is -2.44. The van der Waals surface area contributed by atoms with E-state index in [1.807, 2.05) is 0 Å². The van der Waals surface area contributed by atoms with Crippen molar-refractivity contribution in [3.63, 3.8) is 0 Å². The standard InChI is InChI=1S/C48H59BF18NO3.C8H3F6/c1-5-9-10-11-12-13-14-15-16-17-18-19-20-21-22-23-40(68(6-2,7-3)8-4)42-39(48(65,66)67)30-36(47(62,63)64)31-41(42)71-49(69-37-26-32(43(50,51)52)24-33(27-37)44(53,54)55)70-38-28-34(45(56,57)58)25-35(29-38)46(59,60)61;9-7(10,11)5-2-1-3-6(4-5)8(12,13)14/h24-31,40H,5-23H2,1-4H3;2-4H/q+1;-1. The second-order valence-electron chi connectivity index (χ2n) is 20.0. The minimum absolute atomic E-state index is 0.0139. The van der Waals surface area contributed by atoms with Gasteiger partial charge in [-0.2, -0.15) is 124 Å². The topological polar surface area (TPSA) is 27.7 Å². The van der Waals surface area contributed by atoms with Gasteiger partial charge in [0.25, 0.3) is 0 Å². The van der Waals surface area contributed by atoms with Crippen LogP contribution in [0.2, 0.25) is 0 Å². The maximum atomic E-state index is 15.3. The average molecular weight is 1260 g/mol. The van der Waals surface area contributed by atoms with Crippen LogP contribution < -0.4 is 14.0 Å². The maximum absolute atomic E-state index is 15.3. The molecule has 0 saturated carbocycles. The lowest BCUT2D eigenvalue weighted by Crippen LogP contribution is -2.51. The Morgan fingerprint density at radius 2 is 0.647 bits per heavy atom. The summed E-state index contributed by atoms with van der Waals surface area (Å²) >= 11 is 0. The number of rotatable bonds is 27. The van der Waals surface area contributed by atoms with Crippen LogP contribution in [0.3, 0.4) is 0 Å². The van der Waals surface area contributed by atoms with Crippen molar-refractivity contribution in [3.8, 4) is 17.2 Å². The summed E-state index contributed by atoms with van der Waals surface area (Å²) in [5, 5.41) is 0. The highest BCUT2D eigenvalue weighted by Gasteiger charge is 2.49. The van der Waals surface area contributed by atoms with Gasteiger partial charge in [-0.25, -0.2) is 0 Å². The first-order valence-corrected chi connectivity index (χ1v) is 26.9. The molecule has 0 aliphatic heterocycles. The number of benzene rings is 4. The van der Waals surface area contributed by atoms with Crippen LogP contribution >= 0.6 is 0 Å². The second-order valence-corrected chi connectivity index (χ2v) is 20.0. The molecule has 0 aliphatic rings. The Morgan fingerprint density at radius 3 is 0.941 bits per heavy atom. The summed E-state index contributed by atoms with van der Waals surface area (Å²) in [5.74, 6) is -4.58. The fraction of sp³-hybridized carbons (Fsp3) is 0.571. The van der Waals surface area contributed by atoms with Gasteiger partial charge in [0, 0.05) is 6.42 Å². The summed E-state index contributed by atoms with van der Waals surface area (Å²) in [6.45, 7) is 7.01. The van der Waals surface area contributed by atoms with Crippen molar-refractivity contribution in [3.05, 3.63) is 123 Å². The molecular weight excluding hydrogens is 1200 g/mol. The first kappa shape index (κ1) is 73.9. The molecule has 0 N–H and O–H groups in total. The molecule has 4 aromatic carbocycles. The number of halogens is 24. The van der Waals surface area contributed by atoms with E-state index in [-0.39, 0.29) is 79.4 Å². The zero-order valence-electron chi connectivity index (χ0n) is 46.2. The van der Waals surface area contributed by atoms with Gasteiger partial charge in [0.1, 0.15) is 23.3 Å². The van der Waals surface area contributed by atoms with Crippen molar-refractivity contribution in [2.75, 3.05) is 19.6 Å². The highest BCUT2D eigenvalue weighted by molar-refractivity contribution is 6.39. The molecule has 85 heavy (non-hydrogen) atoms. The van der Waals surface area contributed by atoms with E-state index in [1.54, 1.807) is 26.8 Å². The van der Waals surface area contributed by atoms with E-state index in [4.69, 9.17) is 14.0 Å². The quantitative estimate of drug-likeness (QED) is 0.0196. The second kappa shape index (κ2) is 30.5. The molecule has 0 amide bonds. The summed E-state index contributed by atoms with van der Waals surface area (Å²) in [6, 6.07) is -0.198. The van der Waals surface area contributed by atoms with Crippen LogP contribution in [0.25, 0.3) is 0 Å². The molecule has 0 fully saturated rings. The van der Waals surface area contributed by atoms with Gasteiger partial charge in [-0.3, -0.25) is 0 Å². The Morgan fingerprint density at radius 1 is 0.353 bits per heavy atom. The summed E-state index contributed by atoms with van der Waals surface area (Å²) in [5.41, 5.74) is -16.1. The zero-order valence-corrected chi connectivity index (χ0v) is 46.2. The van der Waals surface area contributed by atoms with Crippen LogP contribution in [0.1, 0.15) is 187 Å². The normalized spacial score (nSPS) is 13.6. The predicted molar refractivity (Wildman–Crippen MR) is 266 cm³/mol. The number of quaternary nitrogens is 1. The number of nitrogens with zero attached hydrogens (tertiary/aromatic N) is 1. The molecule has 4 nitrogen and oxygen atoms in total. The van der Waals surface area contributed by atoms with E-state index in [2.05, 4.69) is 6.92 Å². The van der Waals surface area contributed by atoms with Crippen LogP contribution in [0.4, 0.5) is 105 Å². The van der Waals surface area contributed by atoms with Crippen molar-refractivity contribution in [1.29, 1.82) is 0 Å². The maximum Gasteiger partial charge on any atom is 0.864 e. The molecule has 0 radical (unpaired) electrons. The molecule has 1 unspecified atom stereocenters. The highest BCUT2D eigenvalue weighted by atomic mass is 19.4.